The Kier molecular flexibility index (Phi) is 7.08. The fourth-order valence-electron chi connectivity index (χ4n) is 2.86. The van der Waals surface area contributed by atoms with Crippen molar-refractivity contribution in [2.45, 2.75) is 26.7 Å². The third-order valence-electron chi connectivity index (χ3n) is 4.36. The maximum Gasteiger partial charge on any atom is 0.224 e. The molecule has 25 heavy (non-hydrogen) atoms. The molecular formula is C18H25ClN2O4. The van der Waals surface area contributed by atoms with Crippen molar-refractivity contribution in [3.05, 3.63) is 22.7 Å². The highest BCUT2D eigenvalue weighted by molar-refractivity contribution is 6.31. The molecule has 7 heteroatoms. The molecule has 138 valence electrons. The van der Waals surface area contributed by atoms with Crippen LogP contribution in [-0.4, -0.2) is 45.2 Å². The van der Waals surface area contributed by atoms with Crippen molar-refractivity contribution in [2.75, 3.05) is 38.3 Å². The summed E-state index contributed by atoms with van der Waals surface area (Å²) in [6, 6.07) is 3.52. The second-order valence-corrected chi connectivity index (χ2v) is 6.53. The second kappa shape index (κ2) is 9.06. The predicted octanol–water partition coefficient (Wildman–Crippen LogP) is 2.55. The standard InChI is InChI=1S/C18H25ClN2O4/c1-12-10-16(17(24-3)11-15(12)19)21(13(2)22)7-6-20-18(23)14-4-8-25-9-5-14/h10-11,14H,4-9H2,1-3H3,(H,20,23). The SMILES string of the molecule is COc1cc(Cl)c(C)cc1N(CCNC(=O)C1CCOCC1)C(C)=O. The summed E-state index contributed by atoms with van der Waals surface area (Å²) in [4.78, 5) is 25.9. The van der Waals surface area contributed by atoms with Crippen molar-refractivity contribution in [2.24, 2.45) is 5.92 Å². The van der Waals surface area contributed by atoms with Crippen LogP contribution in [0.2, 0.25) is 5.02 Å². The molecule has 1 N–H and O–H groups in total. The lowest BCUT2D eigenvalue weighted by molar-refractivity contribution is -0.127. The van der Waals surface area contributed by atoms with Crippen molar-refractivity contribution >= 4 is 29.1 Å². The summed E-state index contributed by atoms with van der Waals surface area (Å²) >= 11 is 6.13. The first-order chi connectivity index (χ1) is 11.9. The van der Waals surface area contributed by atoms with Crippen LogP contribution in [-0.2, 0) is 14.3 Å². The predicted molar refractivity (Wildman–Crippen MR) is 97.3 cm³/mol. The van der Waals surface area contributed by atoms with Gasteiger partial charge in [-0.15, -0.1) is 0 Å². The van der Waals surface area contributed by atoms with Gasteiger partial charge in [-0.25, -0.2) is 0 Å². The molecule has 2 amide bonds. The van der Waals surface area contributed by atoms with Gasteiger partial charge < -0.3 is 19.7 Å². The molecule has 0 spiro atoms. The highest BCUT2D eigenvalue weighted by Gasteiger charge is 2.22. The molecule has 0 bridgehead atoms. The molecule has 0 saturated carbocycles. The number of benzene rings is 1. The van der Waals surface area contributed by atoms with Crippen LogP contribution < -0.4 is 15.0 Å². The third kappa shape index (κ3) is 5.09. The maximum atomic E-state index is 12.2. The fraction of sp³-hybridized carbons (Fsp3) is 0.556. The summed E-state index contributed by atoms with van der Waals surface area (Å²) in [5.74, 6) is 0.416. The van der Waals surface area contributed by atoms with Crippen molar-refractivity contribution in [1.82, 2.24) is 5.32 Å². The summed E-state index contributed by atoms with van der Waals surface area (Å²) in [6.45, 7) is 5.35. The van der Waals surface area contributed by atoms with E-state index < -0.39 is 0 Å². The molecule has 0 aliphatic carbocycles. The van der Waals surface area contributed by atoms with Gasteiger partial charge in [0, 0.05) is 50.2 Å². The number of nitrogens with zero attached hydrogens (tertiary/aromatic N) is 1. The first-order valence-corrected chi connectivity index (χ1v) is 8.79. The average Bonchev–Trinajstić information content (AvgIpc) is 2.61. The van der Waals surface area contributed by atoms with Crippen LogP contribution in [0.4, 0.5) is 5.69 Å². The first kappa shape index (κ1) is 19.5. The van der Waals surface area contributed by atoms with Gasteiger partial charge in [0.2, 0.25) is 11.8 Å². The van der Waals surface area contributed by atoms with Gasteiger partial charge >= 0.3 is 0 Å². The van der Waals surface area contributed by atoms with Crippen molar-refractivity contribution in [3.63, 3.8) is 0 Å². The molecule has 6 nitrogen and oxygen atoms in total. The van der Waals surface area contributed by atoms with Crippen molar-refractivity contribution in [1.29, 1.82) is 0 Å². The molecule has 1 saturated heterocycles. The molecule has 0 radical (unpaired) electrons. The number of carbonyl (C=O) groups is 2. The number of amides is 2. The van der Waals surface area contributed by atoms with Gasteiger partial charge in [-0.05, 0) is 31.4 Å². The van der Waals surface area contributed by atoms with E-state index >= 15 is 0 Å². The van der Waals surface area contributed by atoms with Crippen molar-refractivity contribution < 1.29 is 19.1 Å². The Morgan fingerprint density at radius 1 is 1.36 bits per heavy atom. The molecule has 0 atom stereocenters. The lowest BCUT2D eigenvalue weighted by Crippen LogP contribution is -2.40. The van der Waals surface area contributed by atoms with Crippen LogP contribution in [0, 0.1) is 12.8 Å². The van der Waals surface area contributed by atoms with Crippen LogP contribution in [0.3, 0.4) is 0 Å². The molecule has 1 fully saturated rings. The van der Waals surface area contributed by atoms with Crippen LogP contribution in [0.25, 0.3) is 0 Å². The molecule has 0 aromatic heterocycles. The van der Waals surface area contributed by atoms with Gasteiger partial charge in [0.05, 0.1) is 12.8 Å². The number of hydrogen-bond donors (Lipinski definition) is 1. The summed E-state index contributed by atoms with van der Waals surface area (Å²) in [5, 5.41) is 3.50. The molecule has 2 rings (SSSR count). The normalized spacial score (nSPS) is 14.9. The Balaban J connectivity index is 2.03. The number of nitrogens with one attached hydrogen (secondary N) is 1. The van der Waals surface area contributed by atoms with Gasteiger partial charge in [-0.3, -0.25) is 9.59 Å². The van der Waals surface area contributed by atoms with Gasteiger partial charge in [-0.2, -0.15) is 0 Å². The number of methoxy groups -OCH3 is 1. The number of anilines is 1. The smallest absolute Gasteiger partial charge is 0.224 e. The quantitative estimate of drug-likeness (QED) is 0.837. The van der Waals surface area contributed by atoms with Crippen LogP contribution in [0.15, 0.2) is 12.1 Å². The van der Waals surface area contributed by atoms with Gasteiger partial charge in [-0.1, -0.05) is 11.6 Å². The number of hydrogen-bond acceptors (Lipinski definition) is 4. The Bertz CT molecular complexity index is 630. The first-order valence-electron chi connectivity index (χ1n) is 8.41. The van der Waals surface area contributed by atoms with E-state index in [1.54, 1.807) is 11.0 Å². The van der Waals surface area contributed by atoms with E-state index in [4.69, 9.17) is 21.1 Å². The highest BCUT2D eigenvalue weighted by atomic mass is 35.5. The summed E-state index contributed by atoms with van der Waals surface area (Å²) in [7, 11) is 1.54. The summed E-state index contributed by atoms with van der Waals surface area (Å²) < 4.78 is 10.6. The van der Waals surface area contributed by atoms with E-state index in [9.17, 15) is 9.59 Å². The Hall–Kier alpha value is -1.79. The Labute approximate surface area is 153 Å². The summed E-state index contributed by atoms with van der Waals surface area (Å²) in [5.41, 5.74) is 1.51. The third-order valence-corrected chi connectivity index (χ3v) is 4.76. The minimum absolute atomic E-state index is 0.00756. The number of aryl methyl sites for hydroxylation is 1. The summed E-state index contributed by atoms with van der Waals surface area (Å²) in [6.07, 6.45) is 1.49. The molecule has 0 unspecified atom stereocenters. The maximum absolute atomic E-state index is 12.2. The van der Waals surface area contributed by atoms with Gasteiger partial charge in [0.1, 0.15) is 5.75 Å². The van der Waals surface area contributed by atoms with E-state index in [1.165, 1.54) is 14.0 Å². The molecular weight excluding hydrogens is 344 g/mol. The van der Waals surface area contributed by atoms with Crippen LogP contribution in [0.1, 0.15) is 25.3 Å². The largest absolute Gasteiger partial charge is 0.495 e. The number of rotatable bonds is 6. The number of carbonyl (C=O) groups excluding carboxylic acids is 2. The lowest BCUT2D eigenvalue weighted by Gasteiger charge is -2.25. The zero-order valence-electron chi connectivity index (χ0n) is 14.9. The van der Waals surface area contributed by atoms with E-state index in [-0.39, 0.29) is 17.7 Å². The van der Waals surface area contributed by atoms with Crippen molar-refractivity contribution in [3.8, 4) is 5.75 Å². The topological polar surface area (TPSA) is 67.9 Å². The molecule has 1 aromatic carbocycles. The fourth-order valence-corrected chi connectivity index (χ4v) is 3.02. The van der Waals surface area contributed by atoms with E-state index in [0.29, 0.717) is 42.8 Å². The molecule has 1 heterocycles. The zero-order chi connectivity index (χ0) is 18.4. The lowest BCUT2D eigenvalue weighted by atomic mass is 9.99. The molecule has 1 aliphatic heterocycles. The number of ether oxygens (including phenoxy) is 2. The average molecular weight is 369 g/mol. The minimum atomic E-state index is -0.125. The second-order valence-electron chi connectivity index (χ2n) is 6.12. The zero-order valence-corrected chi connectivity index (χ0v) is 15.7. The Morgan fingerprint density at radius 2 is 2.04 bits per heavy atom. The molecule has 1 aromatic rings. The Morgan fingerprint density at radius 3 is 2.64 bits per heavy atom. The monoisotopic (exact) mass is 368 g/mol. The van der Waals surface area contributed by atoms with E-state index in [1.807, 2.05) is 13.0 Å². The van der Waals surface area contributed by atoms with Crippen LogP contribution >= 0.6 is 11.6 Å². The highest BCUT2D eigenvalue weighted by Crippen LogP contribution is 2.33. The van der Waals surface area contributed by atoms with Gasteiger partial charge in [0.25, 0.3) is 0 Å². The number of halogens is 1. The van der Waals surface area contributed by atoms with E-state index in [0.717, 1.165) is 18.4 Å². The molecule has 1 aliphatic rings. The van der Waals surface area contributed by atoms with E-state index in [2.05, 4.69) is 5.32 Å². The van der Waals surface area contributed by atoms with Gasteiger partial charge in [0.15, 0.2) is 0 Å². The minimum Gasteiger partial charge on any atom is -0.495 e. The van der Waals surface area contributed by atoms with Crippen LogP contribution in [0.5, 0.6) is 5.75 Å².